The third-order valence-electron chi connectivity index (χ3n) is 3.37. The van der Waals surface area contributed by atoms with Gasteiger partial charge < -0.3 is 15.2 Å². The smallest absolute Gasteiger partial charge is 0.164 e. The molecule has 2 N–H and O–H groups in total. The number of nitrogens with two attached hydrogens (primary N) is 1. The normalized spacial score (nSPS) is 15.6. The van der Waals surface area contributed by atoms with Crippen LogP contribution in [-0.2, 0) is 6.42 Å². The summed E-state index contributed by atoms with van der Waals surface area (Å²) in [4.78, 5) is 0. The number of hydrogen-bond donors (Lipinski definition) is 1. The molecular weight excluding hydrogens is 294 g/mol. The predicted octanol–water partition coefficient (Wildman–Crippen LogP) is 3.24. The second-order valence-electron chi connectivity index (χ2n) is 4.61. The van der Waals surface area contributed by atoms with E-state index >= 15 is 0 Å². The molecule has 1 unspecified atom stereocenters. The Balaban J connectivity index is 2.51. The zero-order valence-electron chi connectivity index (χ0n) is 11.0. The minimum atomic E-state index is 0.426. The Labute approximate surface area is 117 Å². The molecule has 0 amide bonds. The topological polar surface area (TPSA) is 44.5 Å². The lowest BCUT2D eigenvalue weighted by atomic mass is 9.91. The first-order chi connectivity index (χ1) is 8.69. The van der Waals surface area contributed by atoms with Crippen molar-refractivity contribution in [1.29, 1.82) is 0 Å². The van der Waals surface area contributed by atoms with E-state index in [4.69, 9.17) is 15.2 Å². The van der Waals surface area contributed by atoms with Crippen molar-refractivity contribution in [3.8, 4) is 11.5 Å². The number of benzene rings is 1. The second kappa shape index (κ2) is 5.93. The molecule has 18 heavy (non-hydrogen) atoms. The van der Waals surface area contributed by atoms with E-state index in [2.05, 4.69) is 29.8 Å². The lowest BCUT2D eigenvalue weighted by molar-refractivity contribution is 0.169. The van der Waals surface area contributed by atoms with Crippen LogP contribution in [0, 0.1) is 0 Å². The molecule has 1 heterocycles. The molecule has 0 spiro atoms. The van der Waals surface area contributed by atoms with Gasteiger partial charge in [-0.2, -0.15) is 0 Å². The fourth-order valence-electron chi connectivity index (χ4n) is 2.51. The number of ether oxygens (including phenoxy) is 2. The van der Waals surface area contributed by atoms with E-state index in [1.807, 2.05) is 6.07 Å². The van der Waals surface area contributed by atoms with Gasteiger partial charge in [-0.1, -0.05) is 29.8 Å². The zero-order chi connectivity index (χ0) is 13.1. The van der Waals surface area contributed by atoms with Gasteiger partial charge >= 0.3 is 0 Å². The van der Waals surface area contributed by atoms with Gasteiger partial charge in [-0.3, -0.25) is 0 Å². The first-order valence-corrected chi connectivity index (χ1v) is 7.29. The number of rotatable bonds is 4. The van der Waals surface area contributed by atoms with Crippen molar-refractivity contribution in [2.24, 2.45) is 5.73 Å². The third-order valence-corrected chi connectivity index (χ3v) is 4.03. The maximum atomic E-state index is 5.79. The summed E-state index contributed by atoms with van der Waals surface area (Å²) in [5, 5.41) is 0. The molecule has 0 bridgehead atoms. The van der Waals surface area contributed by atoms with E-state index in [0.29, 0.717) is 25.7 Å². The minimum Gasteiger partial charge on any atom is -0.486 e. The van der Waals surface area contributed by atoms with Gasteiger partial charge in [0.25, 0.3) is 0 Å². The van der Waals surface area contributed by atoms with Gasteiger partial charge in [-0.25, -0.2) is 0 Å². The molecule has 0 radical (unpaired) electrons. The maximum absolute atomic E-state index is 5.79. The van der Waals surface area contributed by atoms with Crippen LogP contribution in [0.3, 0.4) is 0 Å². The molecule has 2 rings (SSSR count). The maximum Gasteiger partial charge on any atom is 0.164 e. The van der Waals surface area contributed by atoms with E-state index in [-0.39, 0.29) is 0 Å². The molecule has 100 valence electrons. The summed E-state index contributed by atoms with van der Waals surface area (Å²) in [6.07, 6.45) is 1.92. The van der Waals surface area contributed by atoms with Crippen molar-refractivity contribution in [2.45, 2.75) is 32.6 Å². The van der Waals surface area contributed by atoms with Crippen LogP contribution in [0.25, 0.3) is 0 Å². The fraction of sp³-hybridized carbons (Fsp3) is 0.571. The highest BCUT2D eigenvalue weighted by Crippen LogP contribution is 2.43. The van der Waals surface area contributed by atoms with Crippen molar-refractivity contribution in [3.63, 3.8) is 0 Å². The summed E-state index contributed by atoms with van der Waals surface area (Å²) >= 11 is 3.66. The first kappa shape index (κ1) is 13.7. The molecule has 1 atom stereocenters. The van der Waals surface area contributed by atoms with E-state index < -0.39 is 0 Å². The highest BCUT2D eigenvalue weighted by molar-refractivity contribution is 9.10. The molecule has 1 aromatic carbocycles. The van der Waals surface area contributed by atoms with Gasteiger partial charge in [-0.05, 0) is 36.9 Å². The van der Waals surface area contributed by atoms with Gasteiger partial charge in [-0.15, -0.1) is 0 Å². The average molecular weight is 314 g/mol. The van der Waals surface area contributed by atoms with Crippen LogP contribution in [0.15, 0.2) is 10.5 Å². The van der Waals surface area contributed by atoms with Crippen molar-refractivity contribution < 1.29 is 9.47 Å². The van der Waals surface area contributed by atoms with Crippen LogP contribution < -0.4 is 15.2 Å². The molecule has 1 aliphatic rings. The first-order valence-electron chi connectivity index (χ1n) is 6.50. The molecular formula is C14H20BrNO2. The average Bonchev–Trinajstić information content (AvgIpc) is 2.37. The Kier molecular flexibility index (Phi) is 4.51. The monoisotopic (exact) mass is 313 g/mol. The Morgan fingerprint density at radius 1 is 1.39 bits per heavy atom. The quantitative estimate of drug-likeness (QED) is 0.928. The highest BCUT2D eigenvalue weighted by Gasteiger charge is 2.23. The Hall–Kier alpha value is -0.740. The van der Waals surface area contributed by atoms with E-state index in [1.165, 1.54) is 11.1 Å². The summed E-state index contributed by atoms with van der Waals surface area (Å²) in [6, 6.07) is 2.02. The Morgan fingerprint density at radius 3 is 2.78 bits per heavy atom. The molecule has 1 aliphatic heterocycles. The van der Waals surface area contributed by atoms with Crippen LogP contribution >= 0.6 is 15.9 Å². The largest absolute Gasteiger partial charge is 0.486 e. The van der Waals surface area contributed by atoms with Crippen LogP contribution in [0.5, 0.6) is 11.5 Å². The van der Waals surface area contributed by atoms with Crippen LogP contribution in [0.4, 0.5) is 0 Å². The molecule has 0 fully saturated rings. The SMILES string of the molecule is CCc1c2c(cc(Br)c1C(C)CCN)OCCO2. The molecule has 0 saturated heterocycles. The molecule has 0 saturated carbocycles. The predicted molar refractivity (Wildman–Crippen MR) is 76.6 cm³/mol. The zero-order valence-corrected chi connectivity index (χ0v) is 12.5. The summed E-state index contributed by atoms with van der Waals surface area (Å²) < 4.78 is 12.6. The molecule has 1 aromatic rings. The van der Waals surface area contributed by atoms with Gasteiger partial charge in [0.15, 0.2) is 11.5 Å². The standard InChI is InChI=1S/C14H20BrNO2/c1-3-10-13(9(2)4-5-16)11(15)8-12-14(10)18-7-6-17-12/h8-9H,3-7,16H2,1-2H3. The lowest BCUT2D eigenvalue weighted by Gasteiger charge is -2.26. The van der Waals surface area contributed by atoms with Crippen LogP contribution in [-0.4, -0.2) is 19.8 Å². The number of fused-ring (bicyclic) bond motifs is 1. The molecule has 3 nitrogen and oxygen atoms in total. The number of halogens is 1. The van der Waals surface area contributed by atoms with Crippen molar-refractivity contribution in [3.05, 3.63) is 21.7 Å². The Morgan fingerprint density at radius 2 is 2.11 bits per heavy atom. The minimum absolute atomic E-state index is 0.426. The summed E-state index contributed by atoms with van der Waals surface area (Å²) in [5.41, 5.74) is 8.24. The highest BCUT2D eigenvalue weighted by atomic mass is 79.9. The van der Waals surface area contributed by atoms with E-state index in [1.54, 1.807) is 0 Å². The van der Waals surface area contributed by atoms with Gasteiger partial charge in [0.2, 0.25) is 0 Å². The fourth-order valence-corrected chi connectivity index (χ4v) is 3.35. The lowest BCUT2D eigenvalue weighted by Crippen LogP contribution is -2.18. The van der Waals surface area contributed by atoms with E-state index in [9.17, 15) is 0 Å². The van der Waals surface area contributed by atoms with Crippen LogP contribution in [0.2, 0.25) is 0 Å². The van der Waals surface area contributed by atoms with Crippen molar-refractivity contribution >= 4 is 15.9 Å². The molecule has 4 heteroatoms. The molecule has 0 aromatic heterocycles. The second-order valence-corrected chi connectivity index (χ2v) is 5.46. The summed E-state index contributed by atoms with van der Waals surface area (Å²) in [6.45, 7) is 6.32. The van der Waals surface area contributed by atoms with Gasteiger partial charge in [0.05, 0.1) is 0 Å². The Bertz CT molecular complexity index is 434. The molecule has 0 aliphatic carbocycles. The van der Waals surface area contributed by atoms with Crippen LogP contribution in [0.1, 0.15) is 37.3 Å². The van der Waals surface area contributed by atoms with Gasteiger partial charge in [0, 0.05) is 10.0 Å². The van der Waals surface area contributed by atoms with Gasteiger partial charge in [0.1, 0.15) is 13.2 Å². The van der Waals surface area contributed by atoms with E-state index in [0.717, 1.165) is 28.8 Å². The number of hydrogen-bond acceptors (Lipinski definition) is 3. The van der Waals surface area contributed by atoms with Crippen molar-refractivity contribution in [1.82, 2.24) is 0 Å². The third kappa shape index (κ3) is 2.50. The van der Waals surface area contributed by atoms with Crippen molar-refractivity contribution in [2.75, 3.05) is 19.8 Å². The summed E-state index contributed by atoms with van der Waals surface area (Å²) in [7, 11) is 0. The summed E-state index contributed by atoms with van der Waals surface area (Å²) in [5.74, 6) is 2.20.